The zero-order valence-corrected chi connectivity index (χ0v) is 20.8. The maximum atomic E-state index is 13.1. The van der Waals surface area contributed by atoms with E-state index in [4.69, 9.17) is 4.74 Å². The number of ether oxygens (including phenoxy) is 1. The second kappa shape index (κ2) is 11.0. The van der Waals surface area contributed by atoms with E-state index in [1.165, 1.54) is 12.1 Å². The fourth-order valence-electron chi connectivity index (χ4n) is 4.95. The summed E-state index contributed by atoms with van der Waals surface area (Å²) >= 11 is 0. The van der Waals surface area contributed by atoms with Gasteiger partial charge in [0.2, 0.25) is 10.0 Å². The van der Waals surface area contributed by atoms with Crippen LogP contribution in [0, 0.1) is 5.92 Å². The average Bonchev–Trinajstić information content (AvgIpc) is 2.83. The van der Waals surface area contributed by atoms with Crippen LogP contribution < -0.4 is 4.72 Å². The minimum atomic E-state index is -3.72. The number of carbonyl (C=O) groups is 1. The molecule has 0 bridgehead atoms. The second-order valence-corrected chi connectivity index (χ2v) is 11.3. The molecular formula is C26H35N3O4S. The number of hydrogen-bond acceptors (Lipinski definition) is 5. The summed E-state index contributed by atoms with van der Waals surface area (Å²) in [4.78, 5) is 17.6. The van der Waals surface area contributed by atoms with Gasteiger partial charge in [-0.25, -0.2) is 13.1 Å². The van der Waals surface area contributed by atoms with Gasteiger partial charge in [0.1, 0.15) is 0 Å². The van der Waals surface area contributed by atoms with Gasteiger partial charge in [-0.15, -0.1) is 0 Å². The van der Waals surface area contributed by atoms with Crippen molar-refractivity contribution in [2.75, 3.05) is 32.7 Å². The number of rotatable bonds is 7. The molecule has 34 heavy (non-hydrogen) atoms. The van der Waals surface area contributed by atoms with Crippen LogP contribution in [0.1, 0.15) is 42.6 Å². The SMILES string of the molecule is CC1CN(CC2CCN(C(=O)c3cccc(S(=O)(=O)NCc4ccccc4)c3)CC2)CC(C)O1. The lowest BCUT2D eigenvalue weighted by Crippen LogP contribution is -2.48. The van der Waals surface area contributed by atoms with Gasteiger partial charge in [-0.05, 0) is 56.4 Å². The minimum absolute atomic E-state index is 0.104. The molecule has 0 aliphatic carbocycles. The Morgan fingerprint density at radius 3 is 2.35 bits per heavy atom. The Labute approximate surface area is 203 Å². The molecule has 2 aromatic rings. The van der Waals surface area contributed by atoms with Crippen molar-refractivity contribution >= 4 is 15.9 Å². The molecule has 2 unspecified atom stereocenters. The largest absolute Gasteiger partial charge is 0.373 e. The molecule has 1 amide bonds. The van der Waals surface area contributed by atoms with Crippen molar-refractivity contribution in [1.29, 1.82) is 0 Å². The number of piperidine rings is 1. The topological polar surface area (TPSA) is 79.0 Å². The van der Waals surface area contributed by atoms with Crippen molar-refractivity contribution in [3.8, 4) is 0 Å². The molecule has 7 nitrogen and oxygen atoms in total. The lowest BCUT2D eigenvalue weighted by molar-refractivity contribution is -0.0728. The molecule has 2 aromatic carbocycles. The van der Waals surface area contributed by atoms with Gasteiger partial charge >= 0.3 is 0 Å². The molecule has 2 fully saturated rings. The third kappa shape index (κ3) is 6.44. The molecule has 184 valence electrons. The molecule has 0 radical (unpaired) electrons. The predicted molar refractivity (Wildman–Crippen MR) is 132 cm³/mol. The first-order valence-corrected chi connectivity index (χ1v) is 13.6. The van der Waals surface area contributed by atoms with Crippen molar-refractivity contribution in [3.63, 3.8) is 0 Å². The summed E-state index contributed by atoms with van der Waals surface area (Å²) < 4.78 is 34.0. The molecule has 0 spiro atoms. The Kier molecular flexibility index (Phi) is 8.03. The number of amides is 1. The Morgan fingerprint density at radius 2 is 1.68 bits per heavy atom. The molecular weight excluding hydrogens is 450 g/mol. The standard InChI is InChI=1S/C26H35N3O4S/c1-20-17-28(18-21(2)33-20)19-23-11-13-29(14-12-23)26(30)24-9-6-10-25(15-24)34(31,32)27-16-22-7-4-3-5-8-22/h3-10,15,20-21,23,27H,11-14,16-19H2,1-2H3. The van der Waals surface area contributed by atoms with E-state index < -0.39 is 10.0 Å². The Balaban J connectivity index is 1.32. The number of morpholine rings is 1. The van der Waals surface area contributed by atoms with Gasteiger partial charge in [0, 0.05) is 44.8 Å². The molecule has 2 aliphatic heterocycles. The number of sulfonamides is 1. The van der Waals surface area contributed by atoms with Gasteiger partial charge in [-0.3, -0.25) is 9.69 Å². The summed E-state index contributed by atoms with van der Waals surface area (Å²) in [5.74, 6) is 0.461. The molecule has 2 heterocycles. The van der Waals surface area contributed by atoms with E-state index in [1.807, 2.05) is 35.2 Å². The third-order valence-corrected chi connectivity index (χ3v) is 8.01. The highest BCUT2D eigenvalue weighted by atomic mass is 32.2. The zero-order valence-electron chi connectivity index (χ0n) is 20.0. The van der Waals surface area contributed by atoms with E-state index in [9.17, 15) is 13.2 Å². The third-order valence-electron chi connectivity index (χ3n) is 6.61. The summed E-state index contributed by atoms with van der Waals surface area (Å²) in [5.41, 5.74) is 1.29. The highest BCUT2D eigenvalue weighted by molar-refractivity contribution is 7.89. The minimum Gasteiger partial charge on any atom is -0.373 e. The van der Waals surface area contributed by atoms with Crippen molar-refractivity contribution in [2.24, 2.45) is 5.92 Å². The van der Waals surface area contributed by atoms with Crippen LogP contribution in [-0.4, -0.2) is 69.1 Å². The first-order chi connectivity index (χ1) is 16.3. The normalized spacial score (nSPS) is 22.6. The number of carbonyl (C=O) groups excluding carboxylic acids is 1. The number of hydrogen-bond donors (Lipinski definition) is 1. The number of benzene rings is 2. The van der Waals surface area contributed by atoms with E-state index in [-0.39, 0.29) is 29.6 Å². The first kappa shape index (κ1) is 24.9. The van der Waals surface area contributed by atoms with E-state index in [0.29, 0.717) is 24.6 Å². The van der Waals surface area contributed by atoms with E-state index in [2.05, 4.69) is 23.5 Å². The number of likely N-dealkylation sites (tertiary alicyclic amines) is 1. The van der Waals surface area contributed by atoms with Crippen LogP contribution in [0.2, 0.25) is 0 Å². The quantitative estimate of drug-likeness (QED) is 0.652. The van der Waals surface area contributed by atoms with Crippen LogP contribution in [-0.2, 0) is 21.3 Å². The van der Waals surface area contributed by atoms with Gasteiger partial charge < -0.3 is 9.64 Å². The average molecular weight is 486 g/mol. The maximum Gasteiger partial charge on any atom is 0.253 e. The smallest absolute Gasteiger partial charge is 0.253 e. The fraction of sp³-hybridized carbons (Fsp3) is 0.500. The Hall–Kier alpha value is -2.26. The van der Waals surface area contributed by atoms with E-state index >= 15 is 0 Å². The Morgan fingerprint density at radius 1 is 1.00 bits per heavy atom. The molecule has 2 aliphatic rings. The molecule has 0 aromatic heterocycles. The van der Waals surface area contributed by atoms with Crippen LogP contribution >= 0.6 is 0 Å². The second-order valence-electron chi connectivity index (χ2n) is 9.55. The maximum absolute atomic E-state index is 13.1. The van der Waals surface area contributed by atoms with Crippen LogP contribution in [0.25, 0.3) is 0 Å². The lowest BCUT2D eigenvalue weighted by atomic mass is 9.95. The molecule has 2 atom stereocenters. The van der Waals surface area contributed by atoms with Crippen molar-refractivity contribution in [3.05, 3.63) is 65.7 Å². The summed E-state index contributed by atoms with van der Waals surface area (Å²) in [6, 6.07) is 15.7. The highest BCUT2D eigenvalue weighted by Gasteiger charge is 2.28. The summed E-state index contributed by atoms with van der Waals surface area (Å²) in [6.07, 6.45) is 2.44. The number of nitrogens with one attached hydrogen (secondary N) is 1. The van der Waals surface area contributed by atoms with E-state index in [0.717, 1.165) is 38.0 Å². The summed E-state index contributed by atoms with van der Waals surface area (Å²) in [7, 11) is -3.72. The van der Waals surface area contributed by atoms with Crippen molar-refractivity contribution in [1.82, 2.24) is 14.5 Å². The molecule has 1 N–H and O–H groups in total. The Bertz CT molecular complexity index is 1060. The lowest BCUT2D eigenvalue weighted by Gasteiger charge is -2.39. The monoisotopic (exact) mass is 485 g/mol. The van der Waals surface area contributed by atoms with Crippen molar-refractivity contribution in [2.45, 2.75) is 50.3 Å². The molecule has 0 saturated carbocycles. The molecule has 8 heteroatoms. The highest BCUT2D eigenvalue weighted by Crippen LogP contribution is 2.23. The first-order valence-electron chi connectivity index (χ1n) is 12.1. The van der Waals surface area contributed by atoms with Gasteiger partial charge in [0.15, 0.2) is 0 Å². The van der Waals surface area contributed by atoms with Gasteiger partial charge in [-0.2, -0.15) is 0 Å². The summed E-state index contributed by atoms with van der Waals surface area (Å²) in [6.45, 7) is 8.80. The molecule has 2 saturated heterocycles. The van der Waals surface area contributed by atoms with E-state index in [1.54, 1.807) is 12.1 Å². The predicted octanol–water partition coefficient (Wildman–Crippen LogP) is 3.13. The summed E-state index contributed by atoms with van der Waals surface area (Å²) in [5, 5.41) is 0. The molecule has 4 rings (SSSR count). The van der Waals surface area contributed by atoms with Crippen molar-refractivity contribution < 1.29 is 17.9 Å². The van der Waals surface area contributed by atoms with Crippen LogP contribution in [0.3, 0.4) is 0 Å². The van der Waals surface area contributed by atoms with Gasteiger partial charge in [0.25, 0.3) is 5.91 Å². The fourth-order valence-corrected chi connectivity index (χ4v) is 6.02. The van der Waals surface area contributed by atoms with Crippen LogP contribution in [0.4, 0.5) is 0 Å². The van der Waals surface area contributed by atoms with Gasteiger partial charge in [0.05, 0.1) is 17.1 Å². The zero-order chi connectivity index (χ0) is 24.1. The van der Waals surface area contributed by atoms with Crippen LogP contribution in [0.15, 0.2) is 59.5 Å². The number of nitrogens with zero attached hydrogens (tertiary/aromatic N) is 2. The van der Waals surface area contributed by atoms with Gasteiger partial charge in [-0.1, -0.05) is 36.4 Å². The van der Waals surface area contributed by atoms with Crippen LogP contribution in [0.5, 0.6) is 0 Å².